The van der Waals surface area contributed by atoms with Crippen LogP contribution < -0.4 is 4.74 Å². The van der Waals surface area contributed by atoms with Crippen LogP contribution in [0.4, 0.5) is 13.2 Å². The van der Waals surface area contributed by atoms with E-state index in [1.54, 1.807) is 11.1 Å². The molecule has 0 spiro atoms. The summed E-state index contributed by atoms with van der Waals surface area (Å²) in [6, 6.07) is 6.87. The highest BCUT2D eigenvalue weighted by Crippen LogP contribution is 2.27. The maximum absolute atomic E-state index is 12.5. The van der Waals surface area contributed by atoms with Crippen LogP contribution in [-0.4, -0.2) is 40.2 Å². The van der Waals surface area contributed by atoms with Crippen molar-refractivity contribution in [2.24, 2.45) is 0 Å². The fourth-order valence-corrected chi connectivity index (χ4v) is 2.90. The molecule has 0 aliphatic carbocycles. The Morgan fingerprint density at radius 2 is 1.80 bits per heavy atom. The van der Waals surface area contributed by atoms with Gasteiger partial charge in [-0.05, 0) is 43.2 Å². The number of carbonyl (C=O) groups excluding carboxylic acids is 1. The van der Waals surface area contributed by atoms with Crippen molar-refractivity contribution < 1.29 is 22.7 Å². The molecule has 0 bridgehead atoms. The summed E-state index contributed by atoms with van der Waals surface area (Å²) in [4.78, 5) is 22.3. The van der Waals surface area contributed by atoms with Crippen molar-refractivity contribution in [3.63, 3.8) is 0 Å². The molecule has 132 valence electrons. The van der Waals surface area contributed by atoms with Crippen LogP contribution in [0.25, 0.3) is 0 Å². The van der Waals surface area contributed by atoms with E-state index >= 15 is 0 Å². The molecule has 3 rings (SSSR count). The second kappa shape index (κ2) is 7.08. The van der Waals surface area contributed by atoms with E-state index in [2.05, 4.69) is 14.7 Å². The summed E-state index contributed by atoms with van der Waals surface area (Å²) in [7, 11) is 0. The van der Waals surface area contributed by atoms with E-state index in [0.717, 1.165) is 30.7 Å². The molecule has 1 aliphatic rings. The van der Waals surface area contributed by atoms with Crippen molar-refractivity contribution in [3.05, 3.63) is 54.1 Å². The largest absolute Gasteiger partial charge is 0.573 e. The zero-order valence-corrected chi connectivity index (χ0v) is 13.2. The number of hydrogen-bond donors (Lipinski definition) is 0. The van der Waals surface area contributed by atoms with Gasteiger partial charge in [0.25, 0.3) is 5.91 Å². The number of rotatable bonds is 3. The SMILES string of the molecule is O=C(c1ccc(OC(F)(F)F)cc1)N1CCC(c2ccncn2)CC1. The highest BCUT2D eigenvalue weighted by molar-refractivity contribution is 5.94. The molecule has 0 atom stereocenters. The highest BCUT2D eigenvalue weighted by Gasteiger charge is 2.31. The molecule has 0 radical (unpaired) electrons. The summed E-state index contributed by atoms with van der Waals surface area (Å²) in [6.45, 7) is 1.16. The fraction of sp³-hybridized carbons (Fsp3) is 0.353. The maximum atomic E-state index is 12.5. The third-order valence-electron chi connectivity index (χ3n) is 4.14. The van der Waals surface area contributed by atoms with Crippen LogP contribution in [0.3, 0.4) is 0 Å². The van der Waals surface area contributed by atoms with E-state index < -0.39 is 6.36 Å². The van der Waals surface area contributed by atoms with Crippen LogP contribution in [0.5, 0.6) is 5.75 Å². The van der Waals surface area contributed by atoms with Gasteiger partial charge in [0, 0.05) is 36.5 Å². The molecule has 1 aliphatic heterocycles. The second-order valence-electron chi connectivity index (χ2n) is 5.77. The van der Waals surface area contributed by atoms with Gasteiger partial charge in [0.15, 0.2) is 0 Å². The molecule has 0 saturated carbocycles. The van der Waals surface area contributed by atoms with Crippen LogP contribution in [0, 0.1) is 0 Å². The van der Waals surface area contributed by atoms with Crippen molar-refractivity contribution in [2.75, 3.05) is 13.1 Å². The number of benzene rings is 1. The molecule has 2 heterocycles. The first-order valence-corrected chi connectivity index (χ1v) is 7.83. The average Bonchev–Trinajstić information content (AvgIpc) is 2.61. The lowest BCUT2D eigenvalue weighted by molar-refractivity contribution is -0.274. The Morgan fingerprint density at radius 3 is 2.36 bits per heavy atom. The quantitative estimate of drug-likeness (QED) is 0.851. The van der Waals surface area contributed by atoms with Gasteiger partial charge in [-0.25, -0.2) is 9.97 Å². The molecule has 1 aromatic carbocycles. The van der Waals surface area contributed by atoms with Gasteiger partial charge in [-0.15, -0.1) is 13.2 Å². The number of alkyl halides is 3. The van der Waals surface area contributed by atoms with Gasteiger partial charge in [0.05, 0.1) is 0 Å². The van der Waals surface area contributed by atoms with Gasteiger partial charge in [-0.1, -0.05) is 0 Å². The van der Waals surface area contributed by atoms with Gasteiger partial charge in [-0.3, -0.25) is 4.79 Å². The van der Waals surface area contributed by atoms with Crippen molar-refractivity contribution in [2.45, 2.75) is 25.1 Å². The predicted octanol–water partition coefficient (Wildman–Crippen LogP) is 3.40. The average molecular weight is 351 g/mol. The van der Waals surface area contributed by atoms with Gasteiger partial charge < -0.3 is 9.64 Å². The Labute approximate surface area is 142 Å². The molecule has 1 fully saturated rings. The number of carbonyl (C=O) groups is 1. The Balaban J connectivity index is 1.59. The van der Waals surface area contributed by atoms with E-state index in [1.165, 1.54) is 18.5 Å². The zero-order valence-electron chi connectivity index (χ0n) is 13.2. The maximum Gasteiger partial charge on any atom is 0.573 e. The van der Waals surface area contributed by atoms with E-state index in [1.807, 2.05) is 6.07 Å². The Morgan fingerprint density at radius 1 is 1.12 bits per heavy atom. The van der Waals surface area contributed by atoms with Crippen molar-refractivity contribution in [3.8, 4) is 5.75 Å². The zero-order chi connectivity index (χ0) is 17.9. The summed E-state index contributed by atoms with van der Waals surface area (Å²) in [6.07, 6.45) is 0.0479. The lowest BCUT2D eigenvalue weighted by atomic mass is 9.93. The minimum Gasteiger partial charge on any atom is -0.406 e. The normalized spacial score (nSPS) is 15.9. The summed E-state index contributed by atoms with van der Waals surface area (Å²) < 4.78 is 40.3. The minimum absolute atomic E-state index is 0.195. The summed E-state index contributed by atoms with van der Waals surface area (Å²) in [5.74, 6) is -0.249. The topological polar surface area (TPSA) is 55.3 Å². The lowest BCUT2D eigenvalue weighted by Gasteiger charge is -2.31. The van der Waals surface area contributed by atoms with Gasteiger partial charge in [-0.2, -0.15) is 0 Å². The molecule has 1 aromatic heterocycles. The fourth-order valence-electron chi connectivity index (χ4n) is 2.90. The van der Waals surface area contributed by atoms with Gasteiger partial charge in [0.2, 0.25) is 0 Å². The van der Waals surface area contributed by atoms with Crippen LogP contribution in [0.15, 0.2) is 42.9 Å². The molecule has 1 amide bonds. The minimum atomic E-state index is -4.74. The number of aromatic nitrogens is 2. The summed E-state index contributed by atoms with van der Waals surface area (Å²) >= 11 is 0. The monoisotopic (exact) mass is 351 g/mol. The number of halogens is 3. The second-order valence-corrected chi connectivity index (χ2v) is 5.77. The Kier molecular flexibility index (Phi) is 4.87. The number of amides is 1. The first-order valence-electron chi connectivity index (χ1n) is 7.83. The molecule has 2 aromatic rings. The van der Waals surface area contributed by atoms with Crippen LogP contribution in [0.2, 0.25) is 0 Å². The Bertz CT molecular complexity index is 712. The molecule has 5 nitrogen and oxygen atoms in total. The lowest BCUT2D eigenvalue weighted by Crippen LogP contribution is -2.38. The van der Waals surface area contributed by atoms with Crippen LogP contribution in [-0.2, 0) is 0 Å². The first kappa shape index (κ1) is 17.2. The number of nitrogens with zero attached hydrogens (tertiary/aromatic N) is 3. The number of piperidine rings is 1. The van der Waals surface area contributed by atoms with E-state index in [9.17, 15) is 18.0 Å². The predicted molar refractivity (Wildman–Crippen MR) is 83.0 cm³/mol. The third-order valence-corrected chi connectivity index (χ3v) is 4.14. The van der Waals surface area contributed by atoms with E-state index in [0.29, 0.717) is 18.7 Å². The van der Waals surface area contributed by atoms with Crippen molar-refractivity contribution >= 4 is 5.91 Å². The van der Waals surface area contributed by atoms with Crippen molar-refractivity contribution in [1.29, 1.82) is 0 Å². The molecule has 0 unspecified atom stereocenters. The van der Waals surface area contributed by atoms with Crippen LogP contribution in [0.1, 0.15) is 34.8 Å². The molecular weight excluding hydrogens is 335 g/mol. The summed E-state index contributed by atoms with van der Waals surface area (Å²) in [5, 5.41) is 0. The molecule has 0 N–H and O–H groups in total. The van der Waals surface area contributed by atoms with Crippen molar-refractivity contribution in [1.82, 2.24) is 14.9 Å². The number of likely N-dealkylation sites (tertiary alicyclic amines) is 1. The Hall–Kier alpha value is -2.64. The number of hydrogen-bond acceptors (Lipinski definition) is 4. The van der Waals surface area contributed by atoms with Gasteiger partial charge in [0.1, 0.15) is 12.1 Å². The first-order chi connectivity index (χ1) is 11.9. The number of ether oxygens (including phenoxy) is 1. The highest BCUT2D eigenvalue weighted by atomic mass is 19.4. The van der Waals surface area contributed by atoms with E-state index in [4.69, 9.17) is 0 Å². The summed E-state index contributed by atoms with van der Waals surface area (Å²) in [5.41, 5.74) is 1.31. The smallest absolute Gasteiger partial charge is 0.406 e. The van der Waals surface area contributed by atoms with Crippen LogP contribution >= 0.6 is 0 Å². The molecule has 1 saturated heterocycles. The van der Waals surface area contributed by atoms with Gasteiger partial charge >= 0.3 is 6.36 Å². The molecule has 8 heteroatoms. The standard InChI is InChI=1S/C17H16F3N3O2/c18-17(19,20)25-14-3-1-13(2-4-14)16(24)23-9-6-12(7-10-23)15-5-8-21-11-22-15/h1-5,8,11-12H,6-7,9-10H2. The molecule has 25 heavy (non-hydrogen) atoms. The third kappa shape index (κ3) is 4.46. The molecular formula is C17H16F3N3O2. The van der Waals surface area contributed by atoms with E-state index in [-0.39, 0.29) is 17.6 Å².